The maximum atomic E-state index is 11.9. The summed E-state index contributed by atoms with van der Waals surface area (Å²) in [5.74, 6) is -2.99. The van der Waals surface area contributed by atoms with Gasteiger partial charge >= 0.3 is 6.18 Å². The van der Waals surface area contributed by atoms with Gasteiger partial charge in [-0.1, -0.05) is 19.0 Å². The van der Waals surface area contributed by atoms with Gasteiger partial charge in [-0.15, -0.1) is 0 Å². The summed E-state index contributed by atoms with van der Waals surface area (Å²) in [7, 11) is -3.99. The molecule has 21 heavy (non-hydrogen) atoms. The second kappa shape index (κ2) is 6.41. The molecule has 7 nitrogen and oxygen atoms in total. The minimum Gasteiger partial charge on any atom is -0.346 e. The molecule has 0 aromatic carbocycles. The van der Waals surface area contributed by atoms with E-state index in [1.165, 1.54) is 5.32 Å². The Morgan fingerprint density at radius 1 is 1.38 bits per heavy atom. The molecule has 0 aliphatic carbocycles. The second-order valence-corrected chi connectivity index (χ2v) is 6.69. The van der Waals surface area contributed by atoms with Crippen LogP contribution in [0.1, 0.15) is 31.5 Å². The standard InChI is InChI=1S/C10H14F3N3O4S/c1-6(2)9-15-8(20-16-9)4-21(18,19)3-7(17)14-5-10(11,12)13/h6H,3-5H2,1-2H3,(H,14,17). The summed E-state index contributed by atoms with van der Waals surface area (Å²) >= 11 is 0. The average molecular weight is 329 g/mol. The van der Waals surface area contributed by atoms with Crippen molar-refractivity contribution in [1.82, 2.24) is 15.5 Å². The van der Waals surface area contributed by atoms with Crippen molar-refractivity contribution in [3.63, 3.8) is 0 Å². The maximum Gasteiger partial charge on any atom is 0.405 e. The third-order valence-electron chi connectivity index (χ3n) is 2.18. The first kappa shape index (κ1) is 17.4. The Kier molecular flexibility index (Phi) is 5.31. The van der Waals surface area contributed by atoms with Gasteiger partial charge in [0.1, 0.15) is 18.1 Å². The molecule has 0 aliphatic rings. The normalized spacial score (nSPS) is 12.7. The minimum atomic E-state index is -4.60. The number of carbonyl (C=O) groups is 1. The predicted octanol–water partition coefficient (Wildman–Crippen LogP) is 0.786. The van der Waals surface area contributed by atoms with Crippen LogP contribution in [0.3, 0.4) is 0 Å². The van der Waals surface area contributed by atoms with Gasteiger partial charge in [0.2, 0.25) is 11.8 Å². The largest absolute Gasteiger partial charge is 0.405 e. The summed E-state index contributed by atoms with van der Waals surface area (Å²) in [6, 6.07) is 0. The van der Waals surface area contributed by atoms with Gasteiger partial charge in [0, 0.05) is 5.92 Å². The minimum absolute atomic E-state index is 0.0692. The molecule has 11 heteroatoms. The van der Waals surface area contributed by atoms with Crippen LogP contribution in [0.15, 0.2) is 4.52 Å². The van der Waals surface area contributed by atoms with Crippen LogP contribution in [0.2, 0.25) is 0 Å². The molecule has 1 aromatic rings. The van der Waals surface area contributed by atoms with Gasteiger partial charge in [0.15, 0.2) is 15.7 Å². The number of hydrogen-bond donors (Lipinski definition) is 1. The molecular formula is C10H14F3N3O4S. The zero-order valence-corrected chi connectivity index (χ0v) is 12.1. The van der Waals surface area contributed by atoms with Gasteiger partial charge in [-0.2, -0.15) is 18.2 Å². The molecule has 1 heterocycles. The van der Waals surface area contributed by atoms with Gasteiger partial charge < -0.3 is 9.84 Å². The van der Waals surface area contributed by atoms with Crippen molar-refractivity contribution in [3.05, 3.63) is 11.7 Å². The number of carbonyl (C=O) groups excluding carboxylic acids is 1. The van der Waals surface area contributed by atoms with E-state index in [1.807, 2.05) is 0 Å². The zero-order chi connectivity index (χ0) is 16.3. The Hall–Kier alpha value is -1.65. The van der Waals surface area contributed by atoms with Crippen LogP contribution in [0.5, 0.6) is 0 Å². The molecule has 0 atom stereocenters. The number of alkyl halides is 3. The molecule has 0 saturated carbocycles. The predicted molar refractivity (Wildman–Crippen MR) is 64.9 cm³/mol. The molecule has 1 rings (SSSR count). The van der Waals surface area contributed by atoms with Crippen LogP contribution in [0.25, 0.3) is 0 Å². The fourth-order valence-electron chi connectivity index (χ4n) is 1.25. The molecule has 0 bridgehead atoms. The molecular weight excluding hydrogens is 315 g/mol. The number of aromatic nitrogens is 2. The Morgan fingerprint density at radius 3 is 2.48 bits per heavy atom. The number of nitrogens with one attached hydrogen (secondary N) is 1. The van der Waals surface area contributed by atoms with E-state index in [0.717, 1.165) is 0 Å². The topological polar surface area (TPSA) is 102 Å². The van der Waals surface area contributed by atoms with Crippen molar-refractivity contribution in [3.8, 4) is 0 Å². The van der Waals surface area contributed by atoms with Crippen LogP contribution in [0.4, 0.5) is 13.2 Å². The number of rotatable bonds is 6. The highest BCUT2D eigenvalue weighted by Crippen LogP contribution is 2.13. The quantitative estimate of drug-likeness (QED) is 0.828. The van der Waals surface area contributed by atoms with Crippen molar-refractivity contribution >= 4 is 15.7 Å². The number of nitrogens with zero attached hydrogens (tertiary/aromatic N) is 2. The monoisotopic (exact) mass is 329 g/mol. The summed E-state index contributed by atoms with van der Waals surface area (Å²) in [5, 5.41) is 5.03. The molecule has 0 radical (unpaired) electrons. The summed E-state index contributed by atoms with van der Waals surface area (Å²) in [5.41, 5.74) is 0. The fraction of sp³-hybridized carbons (Fsp3) is 0.700. The van der Waals surface area contributed by atoms with Crippen LogP contribution >= 0.6 is 0 Å². The van der Waals surface area contributed by atoms with Crippen molar-refractivity contribution in [1.29, 1.82) is 0 Å². The summed E-state index contributed by atoms with van der Waals surface area (Å²) in [6.07, 6.45) is -4.60. The third-order valence-corrected chi connectivity index (χ3v) is 3.57. The van der Waals surface area contributed by atoms with E-state index in [9.17, 15) is 26.4 Å². The molecule has 1 N–H and O–H groups in total. The first-order valence-electron chi connectivity index (χ1n) is 5.85. The number of amides is 1. The SMILES string of the molecule is CC(C)c1noc(CS(=O)(=O)CC(=O)NCC(F)(F)F)n1. The van der Waals surface area contributed by atoms with Crippen molar-refractivity contribution < 1.29 is 30.9 Å². The van der Waals surface area contributed by atoms with Crippen molar-refractivity contribution in [2.24, 2.45) is 0 Å². The van der Waals surface area contributed by atoms with E-state index in [4.69, 9.17) is 4.52 Å². The number of halogens is 3. The first-order chi connectivity index (χ1) is 9.48. The fourth-order valence-corrected chi connectivity index (χ4v) is 2.35. The summed E-state index contributed by atoms with van der Waals surface area (Å²) in [6.45, 7) is 1.96. The molecule has 1 amide bonds. The van der Waals surface area contributed by atoms with E-state index < -0.39 is 40.0 Å². The third kappa shape index (κ3) is 6.56. The van der Waals surface area contributed by atoms with E-state index in [-0.39, 0.29) is 11.8 Å². The van der Waals surface area contributed by atoms with Crippen LogP contribution in [0, 0.1) is 0 Å². The number of sulfone groups is 1. The Balaban J connectivity index is 2.59. The molecule has 0 saturated heterocycles. The average Bonchev–Trinajstić information content (AvgIpc) is 2.72. The van der Waals surface area contributed by atoms with Gasteiger partial charge in [0.05, 0.1) is 0 Å². The smallest absolute Gasteiger partial charge is 0.346 e. The molecule has 0 aliphatic heterocycles. The lowest BCUT2D eigenvalue weighted by atomic mass is 10.2. The maximum absolute atomic E-state index is 11.9. The Bertz CT molecular complexity index is 595. The summed E-state index contributed by atoms with van der Waals surface area (Å²) < 4.78 is 63.6. The highest BCUT2D eigenvalue weighted by Gasteiger charge is 2.29. The summed E-state index contributed by atoms with van der Waals surface area (Å²) in [4.78, 5) is 15.0. The Morgan fingerprint density at radius 2 is 2.00 bits per heavy atom. The highest BCUT2D eigenvalue weighted by molar-refractivity contribution is 7.91. The molecule has 120 valence electrons. The van der Waals surface area contributed by atoms with Gasteiger partial charge in [-0.25, -0.2) is 8.42 Å². The van der Waals surface area contributed by atoms with E-state index in [1.54, 1.807) is 13.8 Å². The Labute approximate surface area is 118 Å². The van der Waals surface area contributed by atoms with E-state index in [2.05, 4.69) is 10.1 Å². The zero-order valence-electron chi connectivity index (χ0n) is 11.3. The van der Waals surface area contributed by atoms with Crippen LogP contribution in [-0.4, -0.2) is 42.9 Å². The van der Waals surface area contributed by atoms with E-state index in [0.29, 0.717) is 5.82 Å². The molecule has 1 aromatic heterocycles. The van der Waals surface area contributed by atoms with Gasteiger partial charge in [0.25, 0.3) is 0 Å². The first-order valence-corrected chi connectivity index (χ1v) is 7.67. The van der Waals surface area contributed by atoms with Crippen molar-refractivity contribution in [2.45, 2.75) is 31.7 Å². The van der Waals surface area contributed by atoms with E-state index >= 15 is 0 Å². The van der Waals surface area contributed by atoms with Crippen LogP contribution in [-0.2, 0) is 20.4 Å². The number of hydrogen-bond acceptors (Lipinski definition) is 6. The van der Waals surface area contributed by atoms with Gasteiger partial charge in [-0.05, 0) is 0 Å². The second-order valence-electron chi connectivity index (χ2n) is 4.63. The lowest BCUT2D eigenvalue weighted by Gasteiger charge is -2.08. The highest BCUT2D eigenvalue weighted by atomic mass is 32.2. The lowest BCUT2D eigenvalue weighted by Crippen LogP contribution is -2.37. The lowest BCUT2D eigenvalue weighted by molar-refractivity contribution is -0.137. The molecule has 0 fully saturated rings. The van der Waals surface area contributed by atoms with Gasteiger partial charge in [-0.3, -0.25) is 4.79 Å². The van der Waals surface area contributed by atoms with Crippen LogP contribution < -0.4 is 5.32 Å². The van der Waals surface area contributed by atoms with Crippen molar-refractivity contribution in [2.75, 3.05) is 12.3 Å². The molecule has 0 spiro atoms. The molecule has 0 unspecified atom stereocenters.